The van der Waals surface area contributed by atoms with Gasteiger partial charge in [-0.25, -0.2) is 8.42 Å². The lowest BCUT2D eigenvalue weighted by Crippen LogP contribution is -2.42. The van der Waals surface area contributed by atoms with Crippen LogP contribution in [0.15, 0.2) is 18.2 Å². The zero-order valence-corrected chi connectivity index (χ0v) is 15.5. The number of morpholine rings is 1. The van der Waals surface area contributed by atoms with E-state index in [-0.39, 0.29) is 18.9 Å². The Morgan fingerprint density at radius 3 is 2.48 bits per heavy atom. The van der Waals surface area contributed by atoms with Crippen molar-refractivity contribution in [2.75, 3.05) is 57.6 Å². The number of carbonyl (C=O) groups is 1. The molecule has 1 aromatic rings. The summed E-state index contributed by atoms with van der Waals surface area (Å²) in [6.07, 6.45) is 1.19. The minimum Gasteiger partial charge on any atom is -0.497 e. The van der Waals surface area contributed by atoms with Gasteiger partial charge in [-0.05, 0) is 12.1 Å². The first-order valence-corrected chi connectivity index (χ1v) is 9.77. The van der Waals surface area contributed by atoms with E-state index in [0.29, 0.717) is 43.5 Å². The van der Waals surface area contributed by atoms with Gasteiger partial charge in [0.15, 0.2) is 0 Å². The smallest absolute Gasteiger partial charge is 0.232 e. The van der Waals surface area contributed by atoms with Crippen molar-refractivity contribution < 1.29 is 27.4 Å². The summed E-state index contributed by atoms with van der Waals surface area (Å²) in [5.41, 5.74) is 0.376. The molecular weight excluding hydrogens is 348 g/mol. The summed E-state index contributed by atoms with van der Waals surface area (Å²) in [5.74, 6) is 0.825. The summed E-state index contributed by atoms with van der Waals surface area (Å²) < 4.78 is 41.3. The standard InChI is InChI=1S/C16H24N2O6S/c1-22-13-4-5-14(15(12-13)23-2)18(25(3,20)21)7-6-16(19)17-8-10-24-11-9-17/h4-5,12H,6-11H2,1-3H3. The van der Waals surface area contributed by atoms with E-state index in [1.54, 1.807) is 23.1 Å². The van der Waals surface area contributed by atoms with Gasteiger partial charge in [0.25, 0.3) is 0 Å². The van der Waals surface area contributed by atoms with Crippen molar-refractivity contribution in [1.82, 2.24) is 4.90 Å². The molecule has 140 valence electrons. The Morgan fingerprint density at radius 2 is 1.92 bits per heavy atom. The third kappa shape index (κ3) is 4.99. The number of hydrogen-bond donors (Lipinski definition) is 0. The summed E-state index contributed by atoms with van der Waals surface area (Å²) in [7, 11) is -0.606. The highest BCUT2D eigenvalue weighted by atomic mass is 32.2. The first kappa shape index (κ1) is 19.3. The summed E-state index contributed by atoms with van der Waals surface area (Å²) >= 11 is 0. The van der Waals surface area contributed by atoms with Crippen molar-refractivity contribution in [3.63, 3.8) is 0 Å². The monoisotopic (exact) mass is 372 g/mol. The minimum absolute atomic E-state index is 0.0394. The number of sulfonamides is 1. The van der Waals surface area contributed by atoms with Gasteiger partial charge in [-0.2, -0.15) is 0 Å². The second-order valence-electron chi connectivity index (χ2n) is 5.62. The number of methoxy groups -OCH3 is 2. The molecule has 1 fully saturated rings. The SMILES string of the molecule is COc1ccc(N(CCC(=O)N2CCOCC2)S(C)(=O)=O)c(OC)c1. The molecule has 0 spiro atoms. The zero-order valence-electron chi connectivity index (χ0n) is 14.7. The lowest BCUT2D eigenvalue weighted by atomic mass is 10.2. The summed E-state index contributed by atoms with van der Waals surface area (Å²) in [6, 6.07) is 4.87. The summed E-state index contributed by atoms with van der Waals surface area (Å²) in [5, 5.41) is 0. The molecule has 1 saturated heterocycles. The summed E-state index contributed by atoms with van der Waals surface area (Å²) in [6.45, 7) is 2.12. The van der Waals surface area contributed by atoms with E-state index < -0.39 is 10.0 Å². The van der Waals surface area contributed by atoms with Gasteiger partial charge >= 0.3 is 0 Å². The number of amides is 1. The Morgan fingerprint density at radius 1 is 1.24 bits per heavy atom. The first-order valence-electron chi connectivity index (χ1n) is 7.92. The van der Waals surface area contributed by atoms with Crippen molar-refractivity contribution in [1.29, 1.82) is 0 Å². The van der Waals surface area contributed by atoms with E-state index in [9.17, 15) is 13.2 Å². The number of anilines is 1. The molecule has 0 bridgehead atoms. The van der Waals surface area contributed by atoms with Crippen LogP contribution in [-0.4, -0.2) is 72.5 Å². The molecule has 1 aromatic carbocycles. The van der Waals surface area contributed by atoms with Crippen molar-refractivity contribution in [3.8, 4) is 11.5 Å². The normalized spacial score (nSPS) is 14.9. The Labute approximate surface area is 148 Å². The van der Waals surface area contributed by atoms with E-state index in [1.807, 2.05) is 0 Å². The van der Waals surface area contributed by atoms with Crippen LogP contribution in [0.25, 0.3) is 0 Å². The molecule has 1 heterocycles. The molecule has 0 aromatic heterocycles. The molecule has 0 atom stereocenters. The second kappa shape index (κ2) is 8.39. The fraction of sp³-hybridized carbons (Fsp3) is 0.562. The molecule has 8 nitrogen and oxygen atoms in total. The van der Waals surface area contributed by atoms with Crippen molar-refractivity contribution in [3.05, 3.63) is 18.2 Å². The van der Waals surface area contributed by atoms with Gasteiger partial charge in [-0.1, -0.05) is 0 Å². The third-order valence-corrected chi connectivity index (χ3v) is 5.13. The molecule has 0 aliphatic carbocycles. The van der Waals surface area contributed by atoms with Crippen molar-refractivity contribution >= 4 is 21.6 Å². The van der Waals surface area contributed by atoms with Gasteiger partial charge in [-0.15, -0.1) is 0 Å². The average molecular weight is 372 g/mol. The summed E-state index contributed by atoms with van der Waals surface area (Å²) in [4.78, 5) is 14.0. The fourth-order valence-electron chi connectivity index (χ4n) is 2.62. The van der Waals surface area contributed by atoms with E-state index >= 15 is 0 Å². The largest absolute Gasteiger partial charge is 0.497 e. The topological polar surface area (TPSA) is 85.4 Å². The number of carbonyl (C=O) groups excluding carboxylic acids is 1. The lowest BCUT2D eigenvalue weighted by Gasteiger charge is -2.29. The lowest BCUT2D eigenvalue weighted by molar-refractivity contribution is -0.135. The Hall–Kier alpha value is -2.00. The average Bonchev–Trinajstić information content (AvgIpc) is 2.61. The molecule has 0 radical (unpaired) electrons. The minimum atomic E-state index is -3.58. The van der Waals surface area contributed by atoms with Crippen LogP contribution in [-0.2, 0) is 19.6 Å². The highest BCUT2D eigenvalue weighted by Gasteiger charge is 2.24. The quantitative estimate of drug-likeness (QED) is 0.701. The Bertz CT molecular complexity index is 701. The molecule has 0 saturated carbocycles. The number of ether oxygens (including phenoxy) is 3. The molecule has 0 unspecified atom stereocenters. The molecule has 1 aliphatic rings. The van der Waals surface area contributed by atoms with Gasteiger partial charge in [0, 0.05) is 32.1 Å². The fourth-order valence-corrected chi connectivity index (χ4v) is 3.56. The van der Waals surface area contributed by atoms with E-state index in [0.717, 1.165) is 6.26 Å². The molecule has 0 N–H and O–H groups in total. The first-order chi connectivity index (χ1) is 11.9. The maximum Gasteiger partial charge on any atom is 0.232 e. The van der Waals surface area contributed by atoms with Crippen LogP contribution in [0, 0.1) is 0 Å². The van der Waals surface area contributed by atoms with E-state index in [2.05, 4.69) is 0 Å². The van der Waals surface area contributed by atoms with Crippen LogP contribution in [0.4, 0.5) is 5.69 Å². The van der Waals surface area contributed by atoms with Crippen LogP contribution in [0.2, 0.25) is 0 Å². The molecular formula is C16H24N2O6S. The number of benzene rings is 1. The number of hydrogen-bond acceptors (Lipinski definition) is 6. The van der Waals surface area contributed by atoms with Crippen LogP contribution in [0.3, 0.4) is 0 Å². The predicted molar refractivity (Wildman–Crippen MR) is 93.8 cm³/mol. The van der Waals surface area contributed by atoms with Gasteiger partial charge in [-0.3, -0.25) is 9.10 Å². The molecule has 1 amide bonds. The zero-order chi connectivity index (χ0) is 18.4. The maximum atomic E-state index is 12.3. The van der Waals surface area contributed by atoms with E-state index in [4.69, 9.17) is 14.2 Å². The van der Waals surface area contributed by atoms with Gasteiger partial charge in [0.05, 0.1) is 39.4 Å². The van der Waals surface area contributed by atoms with Crippen LogP contribution >= 0.6 is 0 Å². The Kier molecular flexibility index (Phi) is 6.49. The van der Waals surface area contributed by atoms with Crippen molar-refractivity contribution in [2.45, 2.75) is 6.42 Å². The maximum absolute atomic E-state index is 12.3. The van der Waals surface area contributed by atoms with Crippen LogP contribution < -0.4 is 13.8 Å². The highest BCUT2D eigenvalue weighted by Crippen LogP contribution is 2.33. The van der Waals surface area contributed by atoms with E-state index in [1.165, 1.54) is 18.5 Å². The van der Waals surface area contributed by atoms with Gasteiger partial charge < -0.3 is 19.1 Å². The van der Waals surface area contributed by atoms with Crippen LogP contribution in [0.5, 0.6) is 11.5 Å². The predicted octanol–water partition coefficient (Wildman–Crippen LogP) is 0.719. The molecule has 9 heteroatoms. The van der Waals surface area contributed by atoms with Crippen molar-refractivity contribution in [2.24, 2.45) is 0 Å². The number of nitrogens with zero attached hydrogens (tertiary/aromatic N) is 2. The highest BCUT2D eigenvalue weighted by molar-refractivity contribution is 7.92. The molecule has 1 aliphatic heterocycles. The molecule has 2 rings (SSSR count). The van der Waals surface area contributed by atoms with Crippen LogP contribution in [0.1, 0.15) is 6.42 Å². The third-order valence-electron chi connectivity index (χ3n) is 3.95. The van der Waals surface area contributed by atoms with Gasteiger partial charge in [0.1, 0.15) is 11.5 Å². The Balaban J connectivity index is 2.18. The number of rotatable bonds is 7. The second-order valence-corrected chi connectivity index (χ2v) is 7.52. The van der Waals surface area contributed by atoms with Gasteiger partial charge in [0.2, 0.25) is 15.9 Å². The molecule has 25 heavy (non-hydrogen) atoms.